The van der Waals surface area contributed by atoms with Crippen LogP contribution in [0.1, 0.15) is 60.9 Å². The second-order valence-corrected chi connectivity index (χ2v) is 11.3. The van der Waals surface area contributed by atoms with Gasteiger partial charge in [0.25, 0.3) is 0 Å². The average Bonchev–Trinajstić information content (AvgIpc) is 2.87. The van der Waals surface area contributed by atoms with Gasteiger partial charge in [-0.1, -0.05) is 63.2 Å². The van der Waals surface area contributed by atoms with E-state index in [1.807, 2.05) is 54.6 Å². The number of anilines is 1. The molecule has 0 radical (unpaired) electrons. The largest absolute Gasteiger partial charge is 0.481 e. The van der Waals surface area contributed by atoms with Crippen LogP contribution in [0.2, 0.25) is 0 Å². The number of amides is 1. The van der Waals surface area contributed by atoms with E-state index in [4.69, 9.17) is 0 Å². The maximum Gasteiger partial charge on any atom is 0.305 e. The van der Waals surface area contributed by atoms with Gasteiger partial charge in [0.05, 0.1) is 16.9 Å². The Morgan fingerprint density at radius 1 is 1.00 bits per heavy atom. The summed E-state index contributed by atoms with van der Waals surface area (Å²) in [6, 6.07) is 19.6. The maximum atomic E-state index is 13.8. The molecule has 2 atom stereocenters. The molecule has 34 heavy (non-hydrogen) atoms. The lowest BCUT2D eigenvalue weighted by Crippen LogP contribution is -2.42. The molecular formula is C28H29NO4S. The fraction of sp³-hybridized carbons (Fsp3) is 0.321. The van der Waals surface area contributed by atoms with Crippen molar-refractivity contribution in [3.63, 3.8) is 0 Å². The summed E-state index contributed by atoms with van der Waals surface area (Å²) in [4.78, 5) is 39.5. The number of Topliss-reactive ketones (excluding diaryl/α,β-unsaturated/α-hetero) is 1. The summed E-state index contributed by atoms with van der Waals surface area (Å²) in [6.07, 6.45) is -0.265. The van der Waals surface area contributed by atoms with Crippen LogP contribution < -0.4 is 4.90 Å². The van der Waals surface area contributed by atoms with Crippen molar-refractivity contribution >= 4 is 45.9 Å². The van der Waals surface area contributed by atoms with E-state index >= 15 is 0 Å². The summed E-state index contributed by atoms with van der Waals surface area (Å²) in [5.41, 5.74) is 2.97. The number of hydrogen-bond donors (Lipinski definition) is 1. The van der Waals surface area contributed by atoms with Gasteiger partial charge in [0, 0.05) is 17.8 Å². The lowest BCUT2D eigenvalue weighted by Gasteiger charge is -2.31. The van der Waals surface area contributed by atoms with Gasteiger partial charge < -0.3 is 10.0 Å². The van der Waals surface area contributed by atoms with Gasteiger partial charge in [0.1, 0.15) is 0 Å². The molecule has 0 saturated heterocycles. The zero-order chi connectivity index (χ0) is 24.6. The molecule has 0 spiro atoms. The average molecular weight is 476 g/mol. The van der Waals surface area contributed by atoms with E-state index in [9.17, 15) is 19.5 Å². The topological polar surface area (TPSA) is 74.7 Å². The van der Waals surface area contributed by atoms with E-state index in [-0.39, 0.29) is 28.8 Å². The Kier molecular flexibility index (Phi) is 6.54. The van der Waals surface area contributed by atoms with Crippen molar-refractivity contribution in [2.45, 2.75) is 44.6 Å². The minimum absolute atomic E-state index is 0.0514. The van der Waals surface area contributed by atoms with Crippen LogP contribution in [0.15, 0.2) is 60.7 Å². The molecule has 0 saturated carbocycles. The summed E-state index contributed by atoms with van der Waals surface area (Å²) in [5, 5.41) is 10.7. The van der Waals surface area contributed by atoms with Crippen LogP contribution in [-0.4, -0.2) is 34.6 Å². The Labute approximate surface area is 204 Å². The number of carboxylic acids is 1. The predicted molar refractivity (Wildman–Crippen MR) is 138 cm³/mol. The Balaban J connectivity index is 1.99. The van der Waals surface area contributed by atoms with Crippen LogP contribution >= 0.6 is 11.8 Å². The number of carbonyl (C=O) groups is 3. The molecule has 0 unspecified atom stereocenters. The summed E-state index contributed by atoms with van der Waals surface area (Å²) in [6.45, 7) is 8.13. The number of ketones is 1. The van der Waals surface area contributed by atoms with Crippen molar-refractivity contribution in [1.82, 2.24) is 0 Å². The normalized spacial score (nSPS) is 18.5. The fourth-order valence-corrected chi connectivity index (χ4v) is 5.97. The Hall–Kier alpha value is -3.12. The summed E-state index contributed by atoms with van der Waals surface area (Å²) in [7, 11) is 0. The first-order chi connectivity index (χ1) is 16.0. The second-order valence-electron chi connectivity index (χ2n) is 9.99. The molecule has 0 aliphatic carbocycles. The van der Waals surface area contributed by atoms with Gasteiger partial charge in [0.15, 0.2) is 5.78 Å². The summed E-state index contributed by atoms with van der Waals surface area (Å²) in [5.74, 6) is -1.26. The first-order valence-electron chi connectivity index (χ1n) is 11.4. The van der Waals surface area contributed by atoms with Crippen molar-refractivity contribution in [1.29, 1.82) is 0 Å². The van der Waals surface area contributed by atoms with Crippen molar-refractivity contribution < 1.29 is 19.5 Å². The monoisotopic (exact) mass is 475 g/mol. The highest BCUT2D eigenvalue weighted by atomic mass is 32.2. The summed E-state index contributed by atoms with van der Waals surface area (Å²) < 4.78 is 0. The Bertz CT molecular complexity index is 1270. The molecule has 1 aliphatic heterocycles. The number of carboxylic acid groups (broad SMARTS) is 1. The number of fused-ring (bicyclic) bond motifs is 2. The van der Waals surface area contributed by atoms with Crippen molar-refractivity contribution in [2.75, 3.05) is 11.4 Å². The van der Waals surface area contributed by atoms with Gasteiger partial charge in [0.2, 0.25) is 5.91 Å². The fourth-order valence-electron chi connectivity index (χ4n) is 4.47. The first kappa shape index (κ1) is 24.0. The van der Waals surface area contributed by atoms with Gasteiger partial charge in [-0.15, -0.1) is 11.8 Å². The zero-order valence-electron chi connectivity index (χ0n) is 19.9. The van der Waals surface area contributed by atoms with Gasteiger partial charge in [-0.3, -0.25) is 14.4 Å². The summed E-state index contributed by atoms with van der Waals surface area (Å²) >= 11 is 1.37. The molecule has 3 aromatic carbocycles. The number of nitrogens with zero attached hydrogens (tertiary/aromatic N) is 1. The first-order valence-corrected chi connectivity index (χ1v) is 12.3. The highest BCUT2D eigenvalue weighted by Gasteiger charge is 2.39. The number of benzene rings is 3. The third-order valence-electron chi connectivity index (χ3n) is 5.95. The maximum absolute atomic E-state index is 13.8. The van der Waals surface area contributed by atoms with Crippen molar-refractivity contribution in [2.24, 2.45) is 5.41 Å². The van der Waals surface area contributed by atoms with E-state index in [0.29, 0.717) is 12.1 Å². The molecule has 176 valence electrons. The SMILES string of the molecule is CC(=O)c1ccc2c(c1)[C@@H](c1cccc3ccccc13)S[C@H](CC(=O)O)C(=O)N2CC(C)(C)C. The Morgan fingerprint density at radius 3 is 2.38 bits per heavy atom. The van der Waals surface area contributed by atoms with Crippen LogP contribution in [0.5, 0.6) is 0 Å². The molecule has 1 amide bonds. The van der Waals surface area contributed by atoms with Crippen molar-refractivity contribution in [3.8, 4) is 0 Å². The molecule has 4 rings (SSSR count). The van der Waals surface area contributed by atoms with Crippen LogP contribution in [0, 0.1) is 5.41 Å². The highest BCUT2D eigenvalue weighted by molar-refractivity contribution is 8.01. The molecule has 1 aliphatic rings. The standard InChI is InChI=1S/C28H29NO4S/c1-17(30)19-12-13-23-22(14-19)26(21-11-7-9-18-8-5-6-10-20(18)21)34-24(15-25(31)32)27(33)29(23)16-28(2,3)4/h5-14,24,26H,15-16H2,1-4H3,(H,31,32)/t24-,26-/m1/s1. The van der Waals surface area contributed by atoms with Gasteiger partial charge in [-0.2, -0.15) is 0 Å². The second kappa shape index (κ2) is 9.26. The Morgan fingerprint density at radius 2 is 1.71 bits per heavy atom. The lowest BCUT2D eigenvalue weighted by molar-refractivity contribution is -0.138. The van der Waals surface area contributed by atoms with Gasteiger partial charge >= 0.3 is 5.97 Å². The molecule has 1 N–H and O–H groups in total. The number of thioether (sulfide) groups is 1. The van der Waals surface area contributed by atoms with E-state index in [0.717, 1.165) is 27.6 Å². The molecule has 6 heteroatoms. The van der Waals surface area contributed by atoms with Crippen LogP contribution in [0.4, 0.5) is 5.69 Å². The minimum atomic E-state index is -1.01. The van der Waals surface area contributed by atoms with Crippen LogP contribution in [-0.2, 0) is 9.59 Å². The van der Waals surface area contributed by atoms with Gasteiger partial charge in [-0.05, 0) is 52.4 Å². The number of carbonyl (C=O) groups excluding carboxylic acids is 2. The number of aliphatic carboxylic acids is 1. The van der Waals surface area contributed by atoms with E-state index in [1.165, 1.54) is 18.7 Å². The van der Waals surface area contributed by atoms with Gasteiger partial charge in [-0.25, -0.2) is 0 Å². The number of hydrogen-bond acceptors (Lipinski definition) is 4. The van der Waals surface area contributed by atoms with Crippen LogP contribution in [0.3, 0.4) is 0 Å². The third-order valence-corrected chi connectivity index (χ3v) is 7.42. The van der Waals surface area contributed by atoms with Crippen LogP contribution in [0.25, 0.3) is 10.8 Å². The molecule has 0 aromatic heterocycles. The smallest absolute Gasteiger partial charge is 0.305 e. The molecule has 5 nitrogen and oxygen atoms in total. The molecule has 0 fully saturated rings. The minimum Gasteiger partial charge on any atom is -0.481 e. The highest BCUT2D eigenvalue weighted by Crippen LogP contribution is 2.49. The van der Waals surface area contributed by atoms with Crippen molar-refractivity contribution in [3.05, 3.63) is 77.4 Å². The van der Waals surface area contributed by atoms with E-state index < -0.39 is 11.2 Å². The lowest BCUT2D eigenvalue weighted by atomic mass is 9.92. The molecule has 3 aromatic rings. The zero-order valence-corrected chi connectivity index (χ0v) is 20.7. The molecular weight excluding hydrogens is 446 g/mol. The third kappa shape index (κ3) is 4.87. The molecule has 0 bridgehead atoms. The molecule has 1 heterocycles. The quantitative estimate of drug-likeness (QED) is 0.451. The number of rotatable bonds is 5. The van der Waals surface area contributed by atoms with E-state index in [1.54, 1.807) is 11.0 Å². The van der Waals surface area contributed by atoms with E-state index in [2.05, 4.69) is 20.8 Å². The predicted octanol–water partition coefficient (Wildman–Crippen LogP) is 6.10.